The fourth-order valence-electron chi connectivity index (χ4n) is 5.23. The quantitative estimate of drug-likeness (QED) is 0.251. The standard InChI is InChI=1S/C28H33N9O5/c29-26-25(33-42-34-26)27-32-21-18-31-23(17-22(21)37(27)11-10-35-12-14-40-15-13-35)41-20-5-1-4-19(16-20)28(39)30-7-3-9-36-8-2-6-24(36)38/h1,4-5,16-18H,2-3,6-15H2,(H2,29,34)(H,30,39). The maximum atomic E-state index is 12.8. The summed E-state index contributed by atoms with van der Waals surface area (Å²) in [6.45, 7) is 6.44. The van der Waals surface area contributed by atoms with E-state index in [4.69, 9.17) is 24.8 Å². The zero-order valence-corrected chi connectivity index (χ0v) is 23.2. The Hall–Kier alpha value is -4.56. The van der Waals surface area contributed by atoms with Gasteiger partial charge < -0.3 is 30.0 Å². The number of pyridine rings is 1. The molecule has 14 nitrogen and oxygen atoms in total. The van der Waals surface area contributed by atoms with E-state index in [9.17, 15) is 9.59 Å². The van der Waals surface area contributed by atoms with Crippen LogP contribution in [0.4, 0.5) is 5.82 Å². The van der Waals surface area contributed by atoms with Gasteiger partial charge in [-0.05, 0) is 41.4 Å². The summed E-state index contributed by atoms with van der Waals surface area (Å²) in [5.74, 6) is 1.49. The maximum Gasteiger partial charge on any atom is 0.251 e. The molecule has 6 rings (SSSR count). The van der Waals surface area contributed by atoms with Gasteiger partial charge in [-0.15, -0.1) is 0 Å². The van der Waals surface area contributed by atoms with Crippen molar-refractivity contribution in [2.24, 2.45) is 0 Å². The van der Waals surface area contributed by atoms with E-state index in [0.29, 0.717) is 79.9 Å². The molecule has 42 heavy (non-hydrogen) atoms. The van der Waals surface area contributed by atoms with Gasteiger partial charge in [0.15, 0.2) is 17.3 Å². The average Bonchev–Trinajstić information content (AvgIpc) is 3.72. The van der Waals surface area contributed by atoms with Crippen molar-refractivity contribution in [1.82, 2.24) is 40.0 Å². The lowest BCUT2D eigenvalue weighted by Crippen LogP contribution is -2.38. The summed E-state index contributed by atoms with van der Waals surface area (Å²) in [7, 11) is 0. The Labute approximate surface area is 241 Å². The van der Waals surface area contributed by atoms with Gasteiger partial charge in [-0.2, -0.15) is 0 Å². The van der Waals surface area contributed by atoms with E-state index in [0.717, 1.165) is 38.1 Å². The largest absolute Gasteiger partial charge is 0.439 e. The van der Waals surface area contributed by atoms with E-state index in [2.05, 4.69) is 25.5 Å². The monoisotopic (exact) mass is 575 g/mol. The molecule has 0 bridgehead atoms. The molecule has 0 atom stereocenters. The van der Waals surface area contributed by atoms with Gasteiger partial charge in [-0.1, -0.05) is 6.07 Å². The number of likely N-dealkylation sites (tertiary alicyclic amines) is 1. The van der Waals surface area contributed by atoms with E-state index in [-0.39, 0.29) is 17.6 Å². The number of carbonyl (C=O) groups is 2. The summed E-state index contributed by atoms with van der Waals surface area (Å²) in [4.78, 5) is 37.8. The van der Waals surface area contributed by atoms with Crippen LogP contribution in [-0.2, 0) is 16.1 Å². The summed E-state index contributed by atoms with van der Waals surface area (Å²) in [6.07, 6.45) is 3.86. The number of amides is 2. The molecule has 2 aliphatic rings. The molecular formula is C28H33N9O5. The predicted octanol–water partition coefficient (Wildman–Crippen LogP) is 1.93. The highest BCUT2D eigenvalue weighted by atomic mass is 16.6. The molecule has 2 aliphatic heterocycles. The summed E-state index contributed by atoms with van der Waals surface area (Å²) in [5, 5.41) is 10.6. The molecule has 2 saturated heterocycles. The number of fused-ring (bicyclic) bond motifs is 1. The Morgan fingerprint density at radius 1 is 1.10 bits per heavy atom. The molecular weight excluding hydrogens is 542 g/mol. The van der Waals surface area contributed by atoms with Gasteiger partial charge in [0.25, 0.3) is 5.91 Å². The first kappa shape index (κ1) is 27.6. The van der Waals surface area contributed by atoms with Gasteiger partial charge in [0, 0.05) is 63.9 Å². The predicted molar refractivity (Wildman–Crippen MR) is 152 cm³/mol. The minimum Gasteiger partial charge on any atom is -0.439 e. The molecule has 2 fully saturated rings. The number of ether oxygens (including phenoxy) is 2. The molecule has 5 heterocycles. The second-order valence-electron chi connectivity index (χ2n) is 10.3. The van der Waals surface area contributed by atoms with Gasteiger partial charge >= 0.3 is 0 Å². The summed E-state index contributed by atoms with van der Waals surface area (Å²) in [6, 6.07) is 8.74. The SMILES string of the molecule is Nc1nonc1-c1nc2cnc(Oc3cccc(C(=O)NCCCN4CCCC4=O)c3)cc2n1CCN1CCOCC1. The van der Waals surface area contributed by atoms with Crippen molar-refractivity contribution in [2.45, 2.75) is 25.8 Å². The second kappa shape index (κ2) is 12.5. The number of nitrogens with zero attached hydrogens (tertiary/aromatic N) is 7. The van der Waals surface area contributed by atoms with E-state index >= 15 is 0 Å². The first-order valence-electron chi connectivity index (χ1n) is 14.1. The molecule has 14 heteroatoms. The van der Waals surface area contributed by atoms with Crippen LogP contribution in [0.3, 0.4) is 0 Å². The van der Waals surface area contributed by atoms with Crippen LogP contribution in [0.1, 0.15) is 29.6 Å². The number of aromatic nitrogens is 5. The van der Waals surface area contributed by atoms with E-state index in [1.165, 1.54) is 0 Å². The molecule has 2 amide bonds. The number of anilines is 1. The van der Waals surface area contributed by atoms with E-state index in [1.807, 2.05) is 9.47 Å². The highest BCUT2D eigenvalue weighted by Crippen LogP contribution is 2.29. The topological polar surface area (TPSA) is 167 Å². The van der Waals surface area contributed by atoms with Gasteiger partial charge in [0.1, 0.15) is 11.3 Å². The van der Waals surface area contributed by atoms with Crippen molar-refractivity contribution >= 4 is 28.7 Å². The lowest BCUT2D eigenvalue weighted by molar-refractivity contribution is -0.127. The first-order chi connectivity index (χ1) is 20.5. The second-order valence-corrected chi connectivity index (χ2v) is 10.3. The van der Waals surface area contributed by atoms with Gasteiger partial charge in [0.05, 0.1) is 24.9 Å². The van der Waals surface area contributed by atoms with Gasteiger partial charge in [-0.3, -0.25) is 14.5 Å². The summed E-state index contributed by atoms with van der Waals surface area (Å²) < 4.78 is 18.4. The maximum absolute atomic E-state index is 12.8. The van der Waals surface area contributed by atoms with Crippen molar-refractivity contribution in [3.05, 3.63) is 42.1 Å². The lowest BCUT2D eigenvalue weighted by Gasteiger charge is -2.26. The number of rotatable bonds is 11. The Balaban J connectivity index is 1.16. The number of benzene rings is 1. The number of nitrogens with two attached hydrogens (primary N) is 1. The number of hydrogen-bond donors (Lipinski definition) is 2. The Morgan fingerprint density at radius 2 is 1.98 bits per heavy atom. The smallest absolute Gasteiger partial charge is 0.251 e. The third-order valence-electron chi connectivity index (χ3n) is 7.46. The Bertz CT molecular complexity index is 1560. The van der Waals surface area contributed by atoms with Crippen molar-refractivity contribution in [2.75, 3.05) is 58.2 Å². The molecule has 0 aliphatic carbocycles. The average molecular weight is 576 g/mol. The molecule has 4 aromatic rings. The fourth-order valence-corrected chi connectivity index (χ4v) is 5.23. The summed E-state index contributed by atoms with van der Waals surface area (Å²) >= 11 is 0. The minimum absolute atomic E-state index is 0.155. The highest BCUT2D eigenvalue weighted by Gasteiger charge is 2.22. The Morgan fingerprint density at radius 3 is 2.76 bits per heavy atom. The molecule has 0 spiro atoms. The minimum atomic E-state index is -0.207. The number of carbonyl (C=O) groups excluding carboxylic acids is 2. The molecule has 220 valence electrons. The lowest BCUT2D eigenvalue weighted by atomic mass is 10.2. The molecule has 3 N–H and O–H groups in total. The van der Waals surface area contributed by atoms with Crippen LogP contribution in [0.2, 0.25) is 0 Å². The highest BCUT2D eigenvalue weighted by molar-refractivity contribution is 5.94. The Kier molecular flexibility index (Phi) is 8.23. The van der Waals surface area contributed by atoms with Crippen LogP contribution >= 0.6 is 0 Å². The van der Waals surface area contributed by atoms with Crippen molar-refractivity contribution in [1.29, 1.82) is 0 Å². The van der Waals surface area contributed by atoms with E-state index in [1.54, 1.807) is 36.5 Å². The fraction of sp³-hybridized carbons (Fsp3) is 0.429. The van der Waals surface area contributed by atoms with Crippen LogP contribution in [-0.4, -0.2) is 98.9 Å². The number of nitrogens with one attached hydrogen (secondary N) is 1. The van der Waals surface area contributed by atoms with Crippen LogP contribution in [0.25, 0.3) is 22.6 Å². The zero-order valence-electron chi connectivity index (χ0n) is 23.2. The molecule has 1 aromatic carbocycles. The number of morpholine rings is 1. The number of hydrogen-bond acceptors (Lipinski definition) is 11. The van der Waals surface area contributed by atoms with Gasteiger partial charge in [-0.25, -0.2) is 14.6 Å². The van der Waals surface area contributed by atoms with Crippen LogP contribution < -0.4 is 15.8 Å². The molecule has 0 saturated carbocycles. The molecule has 0 unspecified atom stereocenters. The first-order valence-corrected chi connectivity index (χ1v) is 14.1. The third-order valence-corrected chi connectivity index (χ3v) is 7.46. The normalized spacial score (nSPS) is 15.9. The van der Waals surface area contributed by atoms with Crippen LogP contribution in [0.15, 0.2) is 41.2 Å². The van der Waals surface area contributed by atoms with Crippen molar-refractivity contribution in [3.8, 4) is 23.1 Å². The van der Waals surface area contributed by atoms with Crippen molar-refractivity contribution in [3.63, 3.8) is 0 Å². The zero-order chi connectivity index (χ0) is 28.9. The number of imidazole rings is 1. The van der Waals surface area contributed by atoms with Gasteiger partial charge in [0.2, 0.25) is 11.8 Å². The molecule has 3 aromatic heterocycles. The molecule has 0 radical (unpaired) electrons. The van der Waals surface area contributed by atoms with Crippen LogP contribution in [0.5, 0.6) is 11.6 Å². The van der Waals surface area contributed by atoms with Crippen molar-refractivity contribution < 1.29 is 23.7 Å². The summed E-state index contributed by atoms with van der Waals surface area (Å²) in [5.41, 5.74) is 8.27. The van der Waals surface area contributed by atoms with Crippen LogP contribution in [0, 0.1) is 0 Å². The van der Waals surface area contributed by atoms with E-state index < -0.39 is 0 Å². The third kappa shape index (κ3) is 6.19. The number of nitrogen functional groups attached to an aromatic ring is 1.